The minimum Gasteiger partial charge on any atom is -0.362 e. The Labute approximate surface area is 56.9 Å². The average molecular weight is 129 g/mol. The standard InChI is InChI=1S/C7H15NO/c1-3-5-6-9-7-8-4-2/h3,5,8H,4,6-7H2,1-2H3/b5-3-. The maximum Gasteiger partial charge on any atom is 0.0969 e. The van der Waals surface area contributed by atoms with Crippen molar-refractivity contribution >= 4 is 0 Å². The van der Waals surface area contributed by atoms with Crippen molar-refractivity contribution < 1.29 is 4.74 Å². The number of hydrogen-bond donors (Lipinski definition) is 1. The summed E-state index contributed by atoms with van der Waals surface area (Å²) in [6.45, 7) is 6.37. The Balaban J connectivity index is 2.75. The Morgan fingerprint density at radius 1 is 1.56 bits per heavy atom. The highest BCUT2D eigenvalue weighted by Gasteiger charge is 1.77. The van der Waals surface area contributed by atoms with Gasteiger partial charge in [-0.25, -0.2) is 0 Å². The van der Waals surface area contributed by atoms with E-state index in [4.69, 9.17) is 4.74 Å². The van der Waals surface area contributed by atoms with Gasteiger partial charge in [-0.3, -0.25) is 5.32 Å². The number of hydrogen-bond acceptors (Lipinski definition) is 2. The van der Waals surface area contributed by atoms with Gasteiger partial charge in [0.25, 0.3) is 0 Å². The topological polar surface area (TPSA) is 21.3 Å². The second-order valence-electron chi connectivity index (χ2n) is 1.69. The first-order valence-electron chi connectivity index (χ1n) is 3.31. The maximum atomic E-state index is 5.12. The van der Waals surface area contributed by atoms with Gasteiger partial charge in [0.2, 0.25) is 0 Å². The molecule has 0 atom stereocenters. The predicted molar refractivity (Wildman–Crippen MR) is 39.3 cm³/mol. The van der Waals surface area contributed by atoms with Gasteiger partial charge in [-0.1, -0.05) is 19.1 Å². The van der Waals surface area contributed by atoms with E-state index < -0.39 is 0 Å². The van der Waals surface area contributed by atoms with Crippen molar-refractivity contribution in [3.63, 3.8) is 0 Å². The summed E-state index contributed by atoms with van der Waals surface area (Å²) in [6, 6.07) is 0. The molecule has 0 unspecified atom stereocenters. The first-order valence-corrected chi connectivity index (χ1v) is 3.31. The Morgan fingerprint density at radius 2 is 2.33 bits per heavy atom. The zero-order valence-electron chi connectivity index (χ0n) is 6.18. The van der Waals surface area contributed by atoms with Crippen LogP contribution in [0.4, 0.5) is 0 Å². The lowest BCUT2D eigenvalue weighted by molar-refractivity contribution is 0.144. The van der Waals surface area contributed by atoms with Crippen molar-refractivity contribution in [1.29, 1.82) is 0 Å². The molecule has 0 saturated heterocycles. The van der Waals surface area contributed by atoms with Crippen LogP contribution in [0.25, 0.3) is 0 Å². The molecule has 0 spiro atoms. The zero-order chi connectivity index (χ0) is 6.95. The predicted octanol–water partition coefficient (Wildman–Crippen LogP) is 1.15. The Morgan fingerprint density at radius 3 is 2.89 bits per heavy atom. The molecule has 0 fully saturated rings. The van der Waals surface area contributed by atoms with E-state index in [1.165, 1.54) is 0 Å². The summed E-state index contributed by atoms with van der Waals surface area (Å²) in [5, 5.41) is 3.05. The van der Waals surface area contributed by atoms with Crippen LogP contribution in [0.1, 0.15) is 13.8 Å². The highest BCUT2D eigenvalue weighted by atomic mass is 16.5. The summed E-state index contributed by atoms with van der Waals surface area (Å²) < 4.78 is 5.12. The molecule has 0 aromatic rings. The van der Waals surface area contributed by atoms with Crippen molar-refractivity contribution in [3.05, 3.63) is 12.2 Å². The Hall–Kier alpha value is -0.340. The fourth-order valence-electron chi connectivity index (χ4n) is 0.397. The van der Waals surface area contributed by atoms with Gasteiger partial charge < -0.3 is 4.74 Å². The lowest BCUT2D eigenvalue weighted by Gasteiger charge is -1.99. The second kappa shape index (κ2) is 7.66. The summed E-state index contributed by atoms with van der Waals surface area (Å²) in [5.41, 5.74) is 0. The van der Waals surface area contributed by atoms with Gasteiger partial charge in [0.1, 0.15) is 0 Å². The Bertz CT molecular complexity index is 71.3. The zero-order valence-corrected chi connectivity index (χ0v) is 6.18. The molecule has 0 heterocycles. The number of ether oxygens (including phenoxy) is 1. The molecule has 0 aromatic heterocycles. The van der Waals surface area contributed by atoms with Crippen molar-refractivity contribution in [1.82, 2.24) is 5.32 Å². The molecule has 0 saturated carbocycles. The van der Waals surface area contributed by atoms with Crippen molar-refractivity contribution in [2.45, 2.75) is 13.8 Å². The van der Waals surface area contributed by atoms with E-state index in [0.717, 1.165) is 6.54 Å². The fourth-order valence-corrected chi connectivity index (χ4v) is 0.397. The third-order valence-electron chi connectivity index (χ3n) is 0.904. The van der Waals surface area contributed by atoms with Crippen LogP contribution in [0, 0.1) is 0 Å². The highest BCUT2D eigenvalue weighted by molar-refractivity contribution is 4.75. The average Bonchev–Trinajstić information content (AvgIpc) is 1.89. The quantitative estimate of drug-likeness (QED) is 0.341. The first-order chi connectivity index (χ1) is 4.41. The van der Waals surface area contributed by atoms with Gasteiger partial charge in [-0.15, -0.1) is 0 Å². The van der Waals surface area contributed by atoms with Crippen LogP contribution in [0.5, 0.6) is 0 Å². The van der Waals surface area contributed by atoms with E-state index in [9.17, 15) is 0 Å². The third kappa shape index (κ3) is 7.66. The minimum absolute atomic E-state index is 0.654. The highest BCUT2D eigenvalue weighted by Crippen LogP contribution is 1.73. The van der Waals surface area contributed by atoms with E-state index in [0.29, 0.717) is 13.3 Å². The molecule has 1 N–H and O–H groups in total. The normalized spacial score (nSPS) is 10.9. The van der Waals surface area contributed by atoms with E-state index >= 15 is 0 Å². The molecule has 0 radical (unpaired) electrons. The van der Waals surface area contributed by atoms with E-state index in [1.807, 2.05) is 19.1 Å². The minimum atomic E-state index is 0.654. The molecule has 0 aliphatic carbocycles. The monoisotopic (exact) mass is 129 g/mol. The molecule has 0 rings (SSSR count). The van der Waals surface area contributed by atoms with Crippen LogP contribution in [-0.2, 0) is 4.74 Å². The summed E-state index contributed by atoms with van der Waals surface area (Å²) in [5.74, 6) is 0. The summed E-state index contributed by atoms with van der Waals surface area (Å²) >= 11 is 0. The fraction of sp³-hybridized carbons (Fsp3) is 0.714. The molecule has 2 nitrogen and oxygen atoms in total. The second-order valence-corrected chi connectivity index (χ2v) is 1.69. The number of rotatable bonds is 5. The van der Waals surface area contributed by atoms with Gasteiger partial charge >= 0.3 is 0 Å². The van der Waals surface area contributed by atoms with Crippen LogP contribution in [0.3, 0.4) is 0 Å². The van der Waals surface area contributed by atoms with Crippen molar-refractivity contribution in [2.24, 2.45) is 0 Å². The van der Waals surface area contributed by atoms with Gasteiger partial charge in [-0.05, 0) is 13.5 Å². The molecule has 0 bridgehead atoms. The maximum absolute atomic E-state index is 5.12. The summed E-state index contributed by atoms with van der Waals surface area (Å²) in [6.07, 6.45) is 3.96. The van der Waals surface area contributed by atoms with E-state index in [1.54, 1.807) is 0 Å². The van der Waals surface area contributed by atoms with Gasteiger partial charge in [0.05, 0.1) is 13.3 Å². The lowest BCUT2D eigenvalue weighted by atomic mass is 10.6. The largest absolute Gasteiger partial charge is 0.362 e. The van der Waals surface area contributed by atoms with Crippen LogP contribution in [0.15, 0.2) is 12.2 Å². The van der Waals surface area contributed by atoms with Crippen LogP contribution >= 0.6 is 0 Å². The van der Waals surface area contributed by atoms with Crippen LogP contribution in [0.2, 0.25) is 0 Å². The number of allylic oxidation sites excluding steroid dienone is 1. The molecule has 2 heteroatoms. The van der Waals surface area contributed by atoms with E-state index in [-0.39, 0.29) is 0 Å². The van der Waals surface area contributed by atoms with Gasteiger partial charge in [0, 0.05) is 0 Å². The molecule has 54 valence electrons. The van der Waals surface area contributed by atoms with Crippen molar-refractivity contribution in [2.75, 3.05) is 19.9 Å². The smallest absolute Gasteiger partial charge is 0.0969 e. The van der Waals surface area contributed by atoms with Gasteiger partial charge in [-0.2, -0.15) is 0 Å². The third-order valence-corrected chi connectivity index (χ3v) is 0.904. The number of nitrogens with one attached hydrogen (secondary N) is 1. The lowest BCUT2D eigenvalue weighted by Crippen LogP contribution is -2.16. The molecule has 0 aromatic carbocycles. The summed E-state index contributed by atoms with van der Waals surface area (Å²) in [7, 11) is 0. The molecule has 0 aliphatic heterocycles. The molecule has 0 aliphatic rings. The molecular formula is C7H15NO. The van der Waals surface area contributed by atoms with Crippen molar-refractivity contribution in [3.8, 4) is 0 Å². The first kappa shape index (κ1) is 8.66. The van der Waals surface area contributed by atoms with Crippen LogP contribution in [-0.4, -0.2) is 19.9 Å². The molecular weight excluding hydrogens is 114 g/mol. The van der Waals surface area contributed by atoms with E-state index in [2.05, 4.69) is 12.2 Å². The SMILES string of the molecule is C/C=C\COCNCC. The van der Waals surface area contributed by atoms with Crippen LogP contribution < -0.4 is 5.32 Å². The van der Waals surface area contributed by atoms with Gasteiger partial charge in [0.15, 0.2) is 0 Å². The molecule has 9 heavy (non-hydrogen) atoms. The molecule has 0 amide bonds. The Kier molecular flexibility index (Phi) is 7.37. The summed E-state index contributed by atoms with van der Waals surface area (Å²) in [4.78, 5) is 0.